The predicted octanol–water partition coefficient (Wildman–Crippen LogP) is 4.80. The van der Waals surface area contributed by atoms with Gasteiger partial charge in [0.2, 0.25) is 0 Å². The SMILES string of the molecule is CCOc1ccc2c(c1)C(C)(c1ccccc1F)C(=O)N2S(=O)(=O)c1ccc(C(=O)NC(C)(C)C)cc1OC. The summed E-state index contributed by atoms with van der Waals surface area (Å²) in [5, 5.41) is 2.81. The highest BCUT2D eigenvalue weighted by atomic mass is 32.2. The molecule has 4 rings (SSSR count). The van der Waals surface area contributed by atoms with Crippen molar-refractivity contribution in [3.05, 3.63) is 83.2 Å². The van der Waals surface area contributed by atoms with E-state index in [0.29, 0.717) is 16.7 Å². The molecule has 1 heterocycles. The number of hydrogen-bond donors (Lipinski definition) is 1. The van der Waals surface area contributed by atoms with Gasteiger partial charge in [-0.15, -0.1) is 0 Å². The molecule has 0 radical (unpaired) electrons. The maximum absolute atomic E-state index is 15.1. The lowest BCUT2D eigenvalue weighted by Crippen LogP contribution is -2.43. The molecule has 0 saturated carbocycles. The Kier molecular flexibility index (Phi) is 7.20. The molecule has 1 unspecified atom stereocenters. The zero-order chi connectivity index (χ0) is 28.8. The lowest BCUT2D eigenvalue weighted by atomic mass is 9.77. The Morgan fingerprint density at radius 1 is 1.05 bits per heavy atom. The van der Waals surface area contributed by atoms with Crippen LogP contribution in [0.15, 0.2) is 65.6 Å². The van der Waals surface area contributed by atoms with Crippen molar-refractivity contribution < 1.29 is 31.9 Å². The summed E-state index contributed by atoms with van der Waals surface area (Å²) in [5.41, 5.74) is -1.60. The number of anilines is 1. The zero-order valence-corrected chi connectivity index (χ0v) is 23.5. The van der Waals surface area contributed by atoms with Crippen molar-refractivity contribution in [1.29, 1.82) is 0 Å². The molecule has 8 nitrogen and oxygen atoms in total. The van der Waals surface area contributed by atoms with Gasteiger partial charge in [-0.1, -0.05) is 18.2 Å². The number of rotatable bonds is 7. The van der Waals surface area contributed by atoms with E-state index in [-0.39, 0.29) is 33.0 Å². The zero-order valence-electron chi connectivity index (χ0n) is 22.7. The Morgan fingerprint density at radius 3 is 2.36 bits per heavy atom. The minimum Gasteiger partial charge on any atom is -0.495 e. The summed E-state index contributed by atoms with van der Waals surface area (Å²) in [5.74, 6) is -1.61. The predicted molar refractivity (Wildman–Crippen MR) is 145 cm³/mol. The van der Waals surface area contributed by atoms with Crippen molar-refractivity contribution in [2.75, 3.05) is 18.0 Å². The quantitative estimate of drug-likeness (QED) is 0.450. The number of nitrogens with one attached hydrogen (secondary N) is 1. The van der Waals surface area contributed by atoms with Gasteiger partial charge in [0, 0.05) is 22.2 Å². The van der Waals surface area contributed by atoms with E-state index >= 15 is 4.39 Å². The minimum absolute atomic E-state index is 0.0313. The second kappa shape index (κ2) is 10.00. The van der Waals surface area contributed by atoms with Crippen LogP contribution >= 0.6 is 0 Å². The molecular formula is C29H31FN2O6S. The molecule has 2 amide bonds. The molecule has 3 aromatic rings. The molecule has 1 atom stereocenters. The molecule has 0 bridgehead atoms. The molecule has 1 aliphatic rings. The Labute approximate surface area is 227 Å². The van der Waals surface area contributed by atoms with Crippen LogP contribution in [0.3, 0.4) is 0 Å². The molecule has 206 valence electrons. The fourth-order valence-corrected chi connectivity index (χ4v) is 6.33. The van der Waals surface area contributed by atoms with Crippen molar-refractivity contribution in [3.8, 4) is 11.5 Å². The number of amides is 2. The largest absolute Gasteiger partial charge is 0.495 e. The van der Waals surface area contributed by atoms with Crippen LogP contribution in [0.2, 0.25) is 0 Å². The molecule has 0 spiro atoms. The maximum Gasteiger partial charge on any atom is 0.274 e. The first-order valence-corrected chi connectivity index (χ1v) is 13.8. The summed E-state index contributed by atoms with van der Waals surface area (Å²) in [6, 6.07) is 14.3. The van der Waals surface area contributed by atoms with Crippen molar-refractivity contribution in [2.24, 2.45) is 0 Å². The van der Waals surface area contributed by atoms with Gasteiger partial charge >= 0.3 is 0 Å². The first kappa shape index (κ1) is 28.1. The third-order valence-electron chi connectivity index (χ3n) is 6.49. The molecule has 0 saturated heterocycles. The number of nitrogens with zero attached hydrogens (tertiary/aromatic N) is 1. The van der Waals surface area contributed by atoms with E-state index in [1.165, 1.54) is 56.5 Å². The first-order chi connectivity index (χ1) is 18.3. The molecule has 0 fully saturated rings. The number of ether oxygens (including phenoxy) is 2. The number of methoxy groups -OCH3 is 1. The van der Waals surface area contributed by atoms with Crippen molar-refractivity contribution >= 4 is 27.5 Å². The van der Waals surface area contributed by atoms with Gasteiger partial charge in [0.15, 0.2) is 0 Å². The first-order valence-electron chi connectivity index (χ1n) is 12.4. The lowest BCUT2D eigenvalue weighted by molar-refractivity contribution is -0.120. The summed E-state index contributed by atoms with van der Waals surface area (Å²) in [6.07, 6.45) is 0. The summed E-state index contributed by atoms with van der Waals surface area (Å²) < 4.78 is 55.0. The van der Waals surface area contributed by atoms with E-state index in [1.54, 1.807) is 25.1 Å². The lowest BCUT2D eigenvalue weighted by Gasteiger charge is -2.26. The Hall–Kier alpha value is -3.92. The minimum atomic E-state index is -4.57. The van der Waals surface area contributed by atoms with Gasteiger partial charge in [0.1, 0.15) is 27.6 Å². The van der Waals surface area contributed by atoms with Gasteiger partial charge in [-0.25, -0.2) is 17.1 Å². The van der Waals surface area contributed by atoms with E-state index in [4.69, 9.17) is 9.47 Å². The van der Waals surface area contributed by atoms with Crippen LogP contribution < -0.4 is 19.1 Å². The highest BCUT2D eigenvalue weighted by Gasteiger charge is 2.54. The van der Waals surface area contributed by atoms with E-state index in [0.717, 1.165) is 0 Å². The molecule has 1 aliphatic heterocycles. The number of carbonyl (C=O) groups is 2. The Morgan fingerprint density at radius 2 is 1.74 bits per heavy atom. The number of halogens is 1. The highest BCUT2D eigenvalue weighted by molar-refractivity contribution is 7.93. The molecule has 3 aromatic carbocycles. The van der Waals surface area contributed by atoms with Gasteiger partial charge < -0.3 is 14.8 Å². The fourth-order valence-electron chi connectivity index (χ4n) is 4.68. The van der Waals surface area contributed by atoms with Crippen molar-refractivity contribution in [2.45, 2.75) is 50.5 Å². The maximum atomic E-state index is 15.1. The van der Waals surface area contributed by atoms with Gasteiger partial charge in [-0.3, -0.25) is 9.59 Å². The molecule has 39 heavy (non-hydrogen) atoms. The second-order valence-electron chi connectivity index (χ2n) is 10.4. The van der Waals surface area contributed by atoms with Crippen molar-refractivity contribution in [3.63, 3.8) is 0 Å². The van der Waals surface area contributed by atoms with E-state index in [1.807, 2.05) is 20.8 Å². The van der Waals surface area contributed by atoms with E-state index in [9.17, 15) is 18.0 Å². The van der Waals surface area contributed by atoms with Crippen LogP contribution in [0, 0.1) is 5.82 Å². The van der Waals surface area contributed by atoms with Gasteiger partial charge in [-0.05, 0) is 77.1 Å². The third-order valence-corrected chi connectivity index (χ3v) is 8.23. The standard InChI is InChI=1S/C29H31FN2O6S/c1-7-38-19-13-14-23-21(17-19)29(5,20-10-8-9-11-22(20)30)27(34)32(23)39(35,36)25-15-12-18(16-24(25)37-6)26(33)31-28(2,3)4/h8-17H,7H2,1-6H3,(H,31,33). The smallest absolute Gasteiger partial charge is 0.274 e. The van der Waals surface area contributed by atoms with Crippen LogP contribution in [0.4, 0.5) is 10.1 Å². The summed E-state index contributed by atoms with van der Waals surface area (Å²) in [6.45, 7) is 9.10. The molecule has 0 aromatic heterocycles. The van der Waals surface area contributed by atoms with Crippen LogP contribution in [-0.2, 0) is 20.2 Å². The van der Waals surface area contributed by atoms with Crippen LogP contribution in [0.1, 0.15) is 56.1 Å². The Balaban J connectivity index is 1.89. The summed E-state index contributed by atoms with van der Waals surface area (Å²) in [4.78, 5) is 26.5. The molecule has 10 heteroatoms. The third kappa shape index (κ3) is 4.85. The van der Waals surface area contributed by atoms with Crippen LogP contribution in [0.5, 0.6) is 11.5 Å². The molecule has 0 aliphatic carbocycles. The van der Waals surface area contributed by atoms with Gasteiger partial charge in [0.05, 0.1) is 19.4 Å². The van der Waals surface area contributed by atoms with E-state index in [2.05, 4.69) is 5.32 Å². The fraction of sp³-hybridized carbons (Fsp3) is 0.310. The van der Waals surface area contributed by atoms with Crippen LogP contribution in [-0.4, -0.2) is 39.5 Å². The normalized spacial score (nSPS) is 17.1. The summed E-state index contributed by atoms with van der Waals surface area (Å²) >= 11 is 0. The number of hydrogen-bond acceptors (Lipinski definition) is 6. The van der Waals surface area contributed by atoms with Crippen molar-refractivity contribution in [1.82, 2.24) is 5.32 Å². The molecule has 1 N–H and O–H groups in total. The number of carbonyl (C=O) groups excluding carboxylic acids is 2. The summed E-state index contributed by atoms with van der Waals surface area (Å²) in [7, 11) is -3.30. The van der Waals surface area contributed by atoms with Gasteiger partial charge in [0.25, 0.3) is 21.8 Å². The monoisotopic (exact) mass is 554 g/mol. The number of fused-ring (bicyclic) bond motifs is 1. The highest BCUT2D eigenvalue weighted by Crippen LogP contribution is 2.50. The van der Waals surface area contributed by atoms with E-state index < -0.39 is 38.6 Å². The van der Waals surface area contributed by atoms with Gasteiger partial charge in [-0.2, -0.15) is 0 Å². The second-order valence-corrected chi connectivity index (χ2v) is 12.1. The average molecular weight is 555 g/mol. The topological polar surface area (TPSA) is 102 Å². The molecular weight excluding hydrogens is 523 g/mol. The van der Waals surface area contributed by atoms with Crippen LogP contribution in [0.25, 0.3) is 0 Å². The average Bonchev–Trinajstić information content (AvgIpc) is 3.10. The number of sulfonamides is 1. The Bertz CT molecular complexity index is 1560. The number of benzene rings is 3.